The van der Waals surface area contributed by atoms with Crippen molar-refractivity contribution in [3.8, 4) is 0 Å². The summed E-state index contributed by atoms with van der Waals surface area (Å²) in [4.78, 5) is -0.357. The van der Waals surface area contributed by atoms with E-state index < -0.39 is 20.0 Å². The van der Waals surface area contributed by atoms with Crippen molar-refractivity contribution in [1.29, 1.82) is 0 Å². The normalized spacial score (nSPS) is 12.5. The molecule has 0 amide bonds. The van der Waals surface area contributed by atoms with Crippen LogP contribution in [0.25, 0.3) is 0 Å². The second-order valence-corrected chi connectivity index (χ2v) is 7.50. The van der Waals surface area contributed by atoms with Crippen LogP contribution in [0.3, 0.4) is 0 Å². The molecule has 9 heteroatoms. The highest BCUT2D eigenvalue weighted by molar-refractivity contribution is 7.90. The van der Waals surface area contributed by atoms with Crippen LogP contribution in [0, 0.1) is 0 Å². The molecule has 4 N–H and O–H groups in total. The fraction of sp³-hybridized carbons (Fsp3) is 0.455. The Bertz CT molecular complexity index is 641. The fourth-order valence-electron chi connectivity index (χ4n) is 1.48. The lowest BCUT2D eigenvalue weighted by Crippen LogP contribution is -2.32. The van der Waals surface area contributed by atoms with Crippen molar-refractivity contribution in [3.63, 3.8) is 0 Å². The number of primary sulfonamides is 1. The molecule has 1 rings (SSSR count). The number of hydrogen-bond acceptors (Lipinski definition) is 5. The summed E-state index contributed by atoms with van der Waals surface area (Å²) in [5, 5.41) is 8.02. The maximum absolute atomic E-state index is 12.0. The average Bonchev–Trinajstić information content (AvgIpc) is 2.37. The Kier molecular flexibility index (Phi) is 6.08. The lowest BCUT2D eigenvalue weighted by molar-refractivity contribution is 0.575. The first-order valence-electron chi connectivity index (χ1n) is 6.10. The highest BCUT2D eigenvalue weighted by Crippen LogP contribution is 2.14. The number of nitrogens with two attached hydrogens (primary N) is 1. The van der Waals surface area contributed by atoms with Gasteiger partial charge in [-0.3, -0.25) is 0 Å². The summed E-state index contributed by atoms with van der Waals surface area (Å²) in [7, 11) is -7.66. The van der Waals surface area contributed by atoms with Crippen molar-refractivity contribution in [2.75, 3.05) is 19.6 Å². The third-order valence-corrected chi connectivity index (χ3v) is 4.83. The Balaban J connectivity index is 2.78. The smallest absolute Gasteiger partial charge is 0.240 e. The largest absolute Gasteiger partial charge is 0.315 e. The molecule has 114 valence electrons. The van der Waals surface area contributed by atoms with Crippen molar-refractivity contribution in [1.82, 2.24) is 10.0 Å². The standard InChI is InChI=1S/C11H19N3O4S2/c1-2-6-13-7-8-14-20(17,18)11-5-3-4-10(9-11)19(12,15)16/h3-5,9,13-14H,2,6-8H2,1H3,(H2,12,15,16). The third-order valence-electron chi connectivity index (χ3n) is 2.46. The van der Waals surface area contributed by atoms with Gasteiger partial charge in [0.2, 0.25) is 20.0 Å². The molecule has 0 aromatic heterocycles. The highest BCUT2D eigenvalue weighted by atomic mass is 32.2. The van der Waals surface area contributed by atoms with Crippen molar-refractivity contribution >= 4 is 20.0 Å². The minimum Gasteiger partial charge on any atom is -0.315 e. The molecule has 20 heavy (non-hydrogen) atoms. The summed E-state index contributed by atoms with van der Waals surface area (Å²) in [6.45, 7) is 3.54. The van der Waals surface area contributed by atoms with Crippen LogP contribution in [0.2, 0.25) is 0 Å². The lowest BCUT2D eigenvalue weighted by Gasteiger charge is -2.08. The summed E-state index contributed by atoms with van der Waals surface area (Å²) in [6.07, 6.45) is 0.961. The first kappa shape index (κ1) is 17.1. The zero-order valence-corrected chi connectivity index (χ0v) is 12.8. The number of hydrogen-bond donors (Lipinski definition) is 3. The molecule has 0 aliphatic rings. The second-order valence-electron chi connectivity index (χ2n) is 4.17. The Morgan fingerprint density at radius 1 is 1.05 bits per heavy atom. The number of rotatable bonds is 8. The van der Waals surface area contributed by atoms with E-state index in [4.69, 9.17) is 5.14 Å². The van der Waals surface area contributed by atoms with Gasteiger partial charge in [-0.1, -0.05) is 13.0 Å². The summed E-state index contributed by atoms with van der Waals surface area (Å²) >= 11 is 0. The number of sulfonamides is 2. The Labute approximate surface area is 119 Å². The van der Waals surface area contributed by atoms with Crippen molar-refractivity contribution in [2.24, 2.45) is 5.14 Å². The maximum Gasteiger partial charge on any atom is 0.240 e. The van der Waals surface area contributed by atoms with Gasteiger partial charge in [0.05, 0.1) is 9.79 Å². The highest BCUT2D eigenvalue weighted by Gasteiger charge is 2.16. The molecule has 0 aliphatic carbocycles. The number of nitrogens with one attached hydrogen (secondary N) is 2. The molecule has 0 radical (unpaired) electrons. The zero-order valence-electron chi connectivity index (χ0n) is 11.2. The quantitative estimate of drug-likeness (QED) is 0.564. The summed E-state index contributed by atoms with van der Waals surface area (Å²) in [5.41, 5.74) is 0. The van der Waals surface area contributed by atoms with E-state index in [1.807, 2.05) is 6.92 Å². The monoisotopic (exact) mass is 321 g/mol. The van der Waals surface area contributed by atoms with E-state index in [2.05, 4.69) is 10.0 Å². The van der Waals surface area contributed by atoms with E-state index in [0.29, 0.717) is 6.54 Å². The zero-order chi connectivity index (χ0) is 15.2. The van der Waals surface area contributed by atoms with Gasteiger partial charge >= 0.3 is 0 Å². The van der Waals surface area contributed by atoms with E-state index in [-0.39, 0.29) is 16.3 Å². The van der Waals surface area contributed by atoms with Crippen molar-refractivity contribution in [3.05, 3.63) is 24.3 Å². The van der Waals surface area contributed by atoms with Gasteiger partial charge in [0.15, 0.2) is 0 Å². The molecule has 0 heterocycles. The third kappa shape index (κ3) is 5.17. The topological polar surface area (TPSA) is 118 Å². The molecule has 0 bridgehead atoms. The van der Waals surface area contributed by atoms with Crippen molar-refractivity contribution in [2.45, 2.75) is 23.1 Å². The van der Waals surface area contributed by atoms with E-state index in [1.165, 1.54) is 18.2 Å². The van der Waals surface area contributed by atoms with Crippen LogP contribution in [0.4, 0.5) is 0 Å². The minimum atomic E-state index is -3.92. The second kappa shape index (κ2) is 7.14. The predicted molar refractivity (Wildman–Crippen MR) is 76.2 cm³/mol. The van der Waals surface area contributed by atoms with Crippen LogP contribution in [-0.4, -0.2) is 36.5 Å². The van der Waals surface area contributed by atoms with Gasteiger partial charge < -0.3 is 5.32 Å². The summed E-state index contributed by atoms with van der Waals surface area (Å²) in [5.74, 6) is 0. The molecule has 7 nitrogen and oxygen atoms in total. The molecule has 1 aromatic rings. The van der Waals surface area contributed by atoms with Gasteiger partial charge in [0.25, 0.3) is 0 Å². The molecule has 0 saturated heterocycles. The molecule has 0 saturated carbocycles. The summed E-state index contributed by atoms with van der Waals surface area (Å²) in [6, 6.07) is 4.94. The van der Waals surface area contributed by atoms with Crippen LogP contribution in [0.1, 0.15) is 13.3 Å². The van der Waals surface area contributed by atoms with Crippen LogP contribution < -0.4 is 15.2 Å². The first-order chi connectivity index (χ1) is 9.27. The van der Waals surface area contributed by atoms with Crippen LogP contribution >= 0.6 is 0 Å². The van der Waals surface area contributed by atoms with Gasteiger partial charge in [-0.05, 0) is 31.2 Å². The van der Waals surface area contributed by atoms with Crippen LogP contribution in [0.5, 0.6) is 0 Å². The SMILES string of the molecule is CCCNCCNS(=O)(=O)c1cccc(S(N)(=O)=O)c1. The van der Waals surface area contributed by atoms with Gasteiger partial charge in [-0.2, -0.15) is 0 Å². The molecule has 0 atom stereocenters. The fourth-order valence-corrected chi connectivity index (χ4v) is 3.19. The average molecular weight is 321 g/mol. The molecule has 0 fully saturated rings. The van der Waals surface area contributed by atoms with Gasteiger partial charge in [0, 0.05) is 13.1 Å². The predicted octanol–water partition coefficient (Wildman–Crippen LogP) is -0.388. The van der Waals surface area contributed by atoms with E-state index >= 15 is 0 Å². The van der Waals surface area contributed by atoms with Crippen molar-refractivity contribution < 1.29 is 16.8 Å². The molecule has 1 aromatic carbocycles. The number of benzene rings is 1. The summed E-state index contributed by atoms with van der Waals surface area (Å²) < 4.78 is 48.7. The van der Waals surface area contributed by atoms with E-state index in [0.717, 1.165) is 19.0 Å². The lowest BCUT2D eigenvalue weighted by atomic mass is 10.4. The van der Waals surface area contributed by atoms with Gasteiger partial charge in [-0.25, -0.2) is 26.7 Å². The van der Waals surface area contributed by atoms with Crippen LogP contribution in [-0.2, 0) is 20.0 Å². The Hall–Kier alpha value is -1.00. The Morgan fingerprint density at radius 2 is 1.70 bits per heavy atom. The van der Waals surface area contributed by atoms with Gasteiger partial charge in [-0.15, -0.1) is 0 Å². The molecular weight excluding hydrogens is 302 g/mol. The van der Waals surface area contributed by atoms with Gasteiger partial charge in [0.1, 0.15) is 0 Å². The van der Waals surface area contributed by atoms with E-state index in [9.17, 15) is 16.8 Å². The Morgan fingerprint density at radius 3 is 2.30 bits per heavy atom. The minimum absolute atomic E-state index is 0.125. The maximum atomic E-state index is 12.0. The molecule has 0 spiro atoms. The van der Waals surface area contributed by atoms with Crippen LogP contribution in [0.15, 0.2) is 34.1 Å². The van der Waals surface area contributed by atoms with E-state index in [1.54, 1.807) is 0 Å². The molecular formula is C11H19N3O4S2. The molecule has 0 unspecified atom stereocenters. The molecule has 0 aliphatic heterocycles. The first-order valence-corrected chi connectivity index (χ1v) is 9.13.